The van der Waals surface area contributed by atoms with Crippen molar-refractivity contribution in [2.75, 3.05) is 19.6 Å². The van der Waals surface area contributed by atoms with Gasteiger partial charge in [-0.25, -0.2) is 9.98 Å². The van der Waals surface area contributed by atoms with E-state index in [0.717, 1.165) is 37.2 Å². The molecule has 150 valence electrons. The van der Waals surface area contributed by atoms with Gasteiger partial charge in [-0.1, -0.05) is 24.6 Å². The van der Waals surface area contributed by atoms with E-state index in [1.807, 2.05) is 24.3 Å². The Hall–Kier alpha value is -3.26. The zero-order valence-corrected chi connectivity index (χ0v) is 16.1. The second-order valence-electron chi connectivity index (χ2n) is 7.18. The van der Waals surface area contributed by atoms with E-state index in [1.54, 1.807) is 6.07 Å². The molecule has 1 aliphatic heterocycles. The first-order valence-corrected chi connectivity index (χ1v) is 9.81. The Balaban J connectivity index is 1.64. The number of fused-ring (bicyclic) bond motifs is 1. The molecular weight excluding hydrogens is 370 g/mol. The molecule has 1 N–H and O–H groups in total. The highest BCUT2D eigenvalue weighted by Crippen LogP contribution is 2.29. The van der Waals surface area contributed by atoms with E-state index in [-0.39, 0.29) is 11.3 Å². The minimum absolute atomic E-state index is 0.286. The lowest BCUT2D eigenvalue weighted by Gasteiger charge is -2.26. The number of aromatic nitrogens is 2. The Morgan fingerprint density at radius 2 is 1.90 bits per heavy atom. The van der Waals surface area contributed by atoms with Gasteiger partial charge in [-0.15, -0.1) is 0 Å². The number of aliphatic imine (C=N–C) groups is 1. The molecule has 1 aromatic heterocycles. The molecule has 0 atom stereocenters. The van der Waals surface area contributed by atoms with Crippen molar-refractivity contribution >= 4 is 28.9 Å². The minimum Gasteiger partial charge on any atom is -0.502 e. The Labute approximate surface area is 168 Å². The van der Waals surface area contributed by atoms with E-state index in [1.165, 1.54) is 37.6 Å². The maximum absolute atomic E-state index is 11.0. The van der Waals surface area contributed by atoms with Crippen LogP contribution in [0.5, 0.6) is 5.75 Å². The van der Waals surface area contributed by atoms with E-state index in [4.69, 9.17) is 0 Å². The van der Waals surface area contributed by atoms with E-state index in [2.05, 4.69) is 19.4 Å². The molecule has 0 radical (unpaired) electrons. The number of phenolic OH excluding ortho intramolecular Hbond substituents is 1. The van der Waals surface area contributed by atoms with Gasteiger partial charge in [0.1, 0.15) is 0 Å². The summed E-state index contributed by atoms with van der Waals surface area (Å²) in [5, 5.41) is 21.2. The highest BCUT2D eigenvalue weighted by Gasteiger charge is 2.16. The van der Waals surface area contributed by atoms with Gasteiger partial charge in [-0.05, 0) is 44.1 Å². The van der Waals surface area contributed by atoms with Gasteiger partial charge < -0.3 is 14.6 Å². The molecule has 2 heterocycles. The Bertz CT molecular complexity index is 1050. The molecule has 0 bridgehead atoms. The van der Waals surface area contributed by atoms with Crippen molar-refractivity contribution in [1.82, 2.24) is 14.5 Å². The number of nitro groups is 1. The lowest BCUT2D eigenvalue weighted by atomic mass is 10.1. The van der Waals surface area contributed by atoms with Crippen molar-refractivity contribution in [3.05, 3.63) is 58.1 Å². The van der Waals surface area contributed by atoms with Crippen LogP contribution in [-0.4, -0.2) is 50.3 Å². The lowest BCUT2D eigenvalue weighted by molar-refractivity contribution is -0.385. The maximum Gasteiger partial charge on any atom is 0.311 e. The van der Waals surface area contributed by atoms with Crippen LogP contribution in [0, 0.1) is 10.1 Å². The van der Waals surface area contributed by atoms with Crippen LogP contribution < -0.4 is 0 Å². The maximum atomic E-state index is 11.0. The minimum atomic E-state index is -0.611. The van der Waals surface area contributed by atoms with Crippen LogP contribution in [0.25, 0.3) is 11.0 Å². The lowest BCUT2D eigenvalue weighted by Crippen LogP contribution is -2.32. The molecule has 1 aliphatic rings. The summed E-state index contributed by atoms with van der Waals surface area (Å²) in [6.07, 6.45) is 5.21. The number of imidazole rings is 1. The summed E-state index contributed by atoms with van der Waals surface area (Å²) in [7, 11) is 0. The van der Waals surface area contributed by atoms with Crippen molar-refractivity contribution in [3.8, 4) is 5.75 Å². The second-order valence-corrected chi connectivity index (χ2v) is 7.18. The predicted octanol–water partition coefficient (Wildman–Crippen LogP) is 3.89. The van der Waals surface area contributed by atoms with Gasteiger partial charge in [0.25, 0.3) is 0 Å². The fourth-order valence-corrected chi connectivity index (χ4v) is 3.73. The summed E-state index contributed by atoms with van der Waals surface area (Å²) in [5.74, 6) is 0.131. The normalized spacial score (nSPS) is 15.3. The second kappa shape index (κ2) is 8.40. The van der Waals surface area contributed by atoms with Crippen molar-refractivity contribution in [1.29, 1.82) is 0 Å². The number of benzene rings is 2. The molecule has 29 heavy (non-hydrogen) atoms. The van der Waals surface area contributed by atoms with Gasteiger partial charge in [0.05, 0.1) is 16.0 Å². The molecular formula is C21H23N5O3. The highest BCUT2D eigenvalue weighted by molar-refractivity contribution is 5.87. The number of piperidine rings is 1. The van der Waals surface area contributed by atoms with Gasteiger partial charge in [-0.3, -0.25) is 10.1 Å². The number of para-hydroxylation sites is 3. The van der Waals surface area contributed by atoms with Crippen molar-refractivity contribution in [2.45, 2.75) is 25.8 Å². The quantitative estimate of drug-likeness (QED) is 0.389. The number of nitrogens with zero attached hydrogens (tertiary/aromatic N) is 5. The molecule has 0 saturated carbocycles. The average Bonchev–Trinajstić information content (AvgIpc) is 3.09. The fraction of sp³-hybridized carbons (Fsp3) is 0.333. The van der Waals surface area contributed by atoms with Crippen LogP contribution in [0.4, 0.5) is 11.6 Å². The molecule has 1 fully saturated rings. The third-order valence-corrected chi connectivity index (χ3v) is 5.28. The van der Waals surface area contributed by atoms with E-state index in [0.29, 0.717) is 5.95 Å². The van der Waals surface area contributed by atoms with Crippen LogP contribution in [-0.2, 0) is 6.54 Å². The molecule has 1 saturated heterocycles. The Morgan fingerprint density at radius 3 is 2.69 bits per heavy atom. The molecule has 2 aromatic carbocycles. The van der Waals surface area contributed by atoms with Crippen LogP contribution in [0.1, 0.15) is 24.8 Å². The standard InChI is InChI=1S/C21H23N5O3/c27-20-16(7-6-10-19(20)26(28)29)15-22-21-23-17-8-2-3-9-18(17)25(21)14-13-24-11-4-1-5-12-24/h2-3,6-10,15,27H,1,4-5,11-14H2. The number of hydrogen-bond acceptors (Lipinski definition) is 6. The van der Waals surface area contributed by atoms with Crippen LogP contribution in [0.2, 0.25) is 0 Å². The zero-order chi connectivity index (χ0) is 20.2. The van der Waals surface area contributed by atoms with Gasteiger partial charge >= 0.3 is 5.69 Å². The molecule has 8 heteroatoms. The summed E-state index contributed by atoms with van der Waals surface area (Å²) in [6.45, 7) is 3.92. The Kier molecular flexibility index (Phi) is 5.53. The number of nitro benzene ring substituents is 1. The molecule has 0 unspecified atom stereocenters. The number of phenols is 1. The van der Waals surface area contributed by atoms with E-state index >= 15 is 0 Å². The van der Waals surface area contributed by atoms with Crippen molar-refractivity contribution in [3.63, 3.8) is 0 Å². The number of likely N-dealkylation sites (tertiary alicyclic amines) is 1. The molecule has 4 rings (SSSR count). The van der Waals surface area contributed by atoms with Crippen molar-refractivity contribution < 1.29 is 10.0 Å². The van der Waals surface area contributed by atoms with Gasteiger partial charge in [0, 0.05) is 30.9 Å². The highest BCUT2D eigenvalue weighted by atomic mass is 16.6. The topological polar surface area (TPSA) is 96.8 Å². The first-order chi connectivity index (χ1) is 14.1. The molecule has 0 aliphatic carbocycles. The number of aromatic hydroxyl groups is 1. The third-order valence-electron chi connectivity index (χ3n) is 5.28. The smallest absolute Gasteiger partial charge is 0.311 e. The molecule has 3 aromatic rings. The van der Waals surface area contributed by atoms with E-state index < -0.39 is 10.7 Å². The number of rotatable bonds is 6. The van der Waals surface area contributed by atoms with E-state index in [9.17, 15) is 15.2 Å². The molecule has 8 nitrogen and oxygen atoms in total. The first kappa shape index (κ1) is 19.1. The Morgan fingerprint density at radius 1 is 1.10 bits per heavy atom. The van der Waals surface area contributed by atoms with Crippen LogP contribution >= 0.6 is 0 Å². The fourth-order valence-electron chi connectivity index (χ4n) is 3.73. The molecule has 0 amide bonds. The summed E-state index contributed by atoms with van der Waals surface area (Å²) >= 11 is 0. The number of hydrogen-bond donors (Lipinski definition) is 1. The van der Waals surface area contributed by atoms with Gasteiger partial charge in [0.2, 0.25) is 11.7 Å². The van der Waals surface area contributed by atoms with Crippen molar-refractivity contribution in [2.24, 2.45) is 4.99 Å². The van der Waals surface area contributed by atoms with Gasteiger partial charge in [-0.2, -0.15) is 0 Å². The summed E-state index contributed by atoms with van der Waals surface area (Å²) in [5.41, 5.74) is 1.79. The molecule has 0 spiro atoms. The summed E-state index contributed by atoms with van der Waals surface area (Å²) < 4.78 is 2.06. The predicted molar refractivity (Wildman–Crippen MR) is 112 cm³/mol. The monoisotopic (exact) mass is 393 g/mol. The third kappa shape index (κ3) is 4.12. The average molecular weight is 393 g/mol. The summed E-state index contributed by atoms with van der Waals surface area (Å²) in [4.78, 5) is 22.0. The zero-order valence-electron chi connectivity index (χ0n) is 16.1. The SMILES string of the molecule is O=[N+]([O-])c1cccc(C=Nc2nc3ccccc3n2CCN2CCCCC2)c1O. The van der Waals surface area contributed by atoms with Crippen LogP contribution in [0.15, 0.2) is 47.5 Å². The van der Waals surface area contributed by atoms with Gasteiger partial charge in [0.15, 0.2) is 0 Å². The van der Waals surface area contributed by atoms with Crippen LogP contribution in [0.3, 0.4) is 0 Å². The first-order valence-electron chi connectivity index (χ1n) is 9.81. The summed E-state index contributed by atoms with van der Waals surface area (Å²) in [6, 6.07) is 12.2. The largest absolute Gasteiger partial charge is 0.502 e.